The Morgan fingerprint density at radius 2 is 1.55 bits per heavy atom. The minimum Gasteiger partial charge on any atom is -0.332 e. The van der Waals surface area contributed by atoms with Crippen LogP contribution in [0.15, 0.2) is 72.8 Å². The Labute approximate surface area is 188 Å². The molecule has 29 heavy (non-hydrogen) atoms. The second-order valence-electron chi connectivity index (χ2n) is 6.27. The first-order chi connectivity index (χ1) is 13.9. The minimum absolute atomic E-state index is 0.172. The number of benzene rings is 3. The van der Waals surface area contributed by atoms with Gasteiger partial charge >= 0.3 is 0 Å². The summed E-state index contributed by atoms with van der Waals surface area (Å²) in [6.07, 6.45) is 0. The van der Waals surface area contributed by atoms with E-state index in [-0.39, 0.29) is 16.9 Å². The van der Waals surface area contributed by atoms with Crippen LogP contribution in [0, 0.1) is 10.5 Å². The number of carbonyl (C=O) groups is 2. The van der Waals surface area contributed by atoms with E-state index in [0.717, 1.165) is 9.13 Å². The number of amides is 2. The maximum absolute atomic E-state index is 12.3. The summed E-state index contributed by atoms with van der Waals surface area (Å²) >= 11 is 7.39. The van der Waals surface area contributed by atoms with Crippen LogP contribution in [0.25, 0.3) is 0 Å². The van der Waals surface area contributed by atoms with Gasteiger partial charge in [0, 0.05) is 26.1 Å². The van der Waals surface area contributed by atoms with Crippen LogP contribution in [0.4, 0.5) is 11.4 Å². The van der Waals surface area contributed by atoms with Gasteiger partial charge in [0.25, 0.3) is 11.8 Å². The molecule has 0 spiro atoms. The summed E-state index contributed by atoms with van der Waals surface area (Å²) in [6.45, 7) is 1.89. The van der Waals surface area contributed by atoms with Gasteiger partial charge in [-0.25, -0.2) is 0 Å². The molecule has 2 amide bonds. The molecule has 5 nitrogen and oxygen atoms in total. The van der Waals surface area contributed by atoms with Gasteiger partial charge in [0.1, 0.15) is 0 Å². The van der Waals surface area contributed by atoms with Crippen molar-refractivity contribution in [1.82, 2.24) is 5.32 Å². The fourth-order valence-electron chi connectivity index (χ4n) is 2.63. The number of halogens is 1. The van der Waals surface area contributed by atoms with Crippen LogP contribution < -0.4 is 16.0 Å². The highest BCUT2D eigenvalue weighted by molar-refractivity contribution is 14.1. The maximum atomic E-state index is 12.3. The van der Waals surface area contributed by atoms with E-state index in [4.69, 9.17) is 12.2 Å². The van der Waals surface area contributed by atoms with Crippen molar-refractivity contribution in [1.29, 1.82) is 0 Å². The number of hydrogen-bond acceptors (Lipinski definition) is 3. The van der Waals surface area contributed by atoms with Gasteiger partial charge in [-0.3, -0.25) is 14.9 Å². The molecule has 146 valence electrons. The predicted octanol–water partition coefficient (Wildman–Crippen LogP) is 4.98. The van der Waals surface area contributed by atoms with Crippen molar-refractivity contribution in [3.05, 3.63) is 93.1 Å². The van der Waals surface area contributed by atoms with E-state index in [0.29, 0.717) is 22.5 Å². The number of hydrogen-bond donors (Lipinski definition) is 3. The molecule has 0 saturated heterocycles. The SMILES string of the molecule is Cc1cc(NC(=S)NC(=O)c2cccc(I)c2)ccc1NC(=O)c1ccccc1. The predicted molar refractivity (Wildman–Crippen MR) is 128 cm³/mol. The van der Waals surface area contributed by atoms with Crippen LogP contribution in [-0.2, 0) is 0 Å². The molecule has 0 bridgehead atoms. The zero-order valence-corrected chi connectivity index (χ0v) is 18.5. The van der Waals surface area contributed by atoms with Crippen molar-refractivity contribution < 1.29 is 9.59 Å². The molecule has 3 N–H and O–H groups in total. The Balaban J connectivity index is 1.62. The van der Waals surface area contributed by atoms with E-state index in [1.54, 1.807) is 36.4 Å². The lowest BCUT2D eigenvalue weighted by atomic mass is 10.1. The third-order valence-corrected chi connectivity index (χ3v) is 4.96. The lowest BCUT2D eigenvalue weighted by Crippen LogP contribution is -2.34. The van der Waals surface area contributed by atoms with E-state index >= 15 is 0 Å². The second-order valence-corrected chi connectivity index (χ2v) is 7.92. The number of nitrogens with one attached hydrogen (secondary N) is 3. The second kappa shape index (κ2) is 9.62. The number of aryl methyl sites for hydroxylation is 1. The first kappa shape index (κ1) is 20.9. The topological polar surface area (TPSA) is 70.2 Å². The summed E-state index contributed by atoms with van der Waals surface area (Å²) in [7, 11) is 0. The van der Waals surface area contributed by atoms with Crippen LogP contribution in [0.2, 0.25) is 0 Å². The quantitative estimate of drug-likeness (QED) is 0.339. The van der Waals surface area contributed by atoms with Crippen molar-refractivity contribution in [3.63, 3.8) is 0 Å². The zero-order chi connectivity index (χ0) is 20.8. The van der Waals surface area contributed by atoms with Gasteiger partial charge in [0.15, 0.2) is 5.11 Å². The lowest BCUT2D eigenvalue weighted by Gasteiger charge is -2.13. The van der Waals surface area contributed by atoms with Gasteiger partial charge in [0.2, 0.25) is 0 Å². The summed E-state index contributed by atoms with van der Waals surface area (Å²) in [5.74, 6) is -0.445. The molecular formula is C22H18IN3O2S. The lowest BCUT2D eigenvalue weighted by molar-refractivity contribution is 0.0976. The summed E-state index contributed by atoms with van der Waals surface area (Å²) in [5.41, 5.74) is 3.42. The van der Waals surface area contributed by atoms with Gasteiger partial charge in [-0.15, -0.1) is 0 Å². The average molecular weight is 515 g/mol. The summed E-state index contributed by atoms with van der Waals surface area (Å²) in [6, 6.07) is 21.7. The molecule has 0 aliphatic carbocycles. The first-order valence-corrected chi connectivity index (χ1v) is 10.3. The van der Waals surface area contributed by atoms with Crippen molar-refractivity contribution in [2.45, 2.75) is 6.92 Å². The Morgan fingerprint density at radius 1 is 0.828 bits per heavy atom. The maximum Gasteiger partial charge on any atom is 0.257 e. The van der Waals surface area contributed by atoms with Crippen molar-refractivity contribution in [2.24, 2.45) is 0 Å². The highest BCUT2D eigenvalue weighted by atomic mass is 127. The monoisotopic (exact) mass is 515 g/mol. The Morgan fingerprint density at radius 3 is 2.24 bits per heavy atom. The fraction of sp³-hybridized carbons (Fsp3) is 0.0455. The van der Waals surface area contributed by atoms with Crippen molar-refractivity contribution in [3.8, 4) is 0 Å². The first-order valence-electron chi connectivity index (χ1n) is 8.77. The van der Waals surface area contributed by atoms with Gasteiger partial charge in [-0.2, -0.15) is 0 Å². The molecule has 3 aromatic carbocycles. The van der Waals surface area contributed by atoms with Gasteiger partial charge < -0.3 is 10.6 Å². The molecule has 0 atom stereocenters. The molecule has 0 aromatic heterocycles. The van der Waals surface area contributed by atoms with Crippen LogP contribution in [0.3, 0.4) is 0 Å². The smallest absolute Gasteiger partial charge is 0.257 e. The van der Waals surface area contributed by atoms with Crippen LogP contribution in [-0.4, -0.2) is 16.9 Å². The van der Waals surface area contributed by atoms with Gasteiger partial charge in [-0.1, -0.05) is 24.3 Å². The highest BCUT2D eigenvalue weighted by Gasteiger charge is 2.10. The van der Waals surface area contributed by atoms with Crippen LogP contribution in [0.1, 0.15) is 26.3 Å². The normalized spacial score (nSPS) is 10.1. The Hall–Kier alpha value is -2.78. The largest absolute Gasteiger partial charge is 0.332 e. The van der Waals surface area contributed by atoms with E-state index in [2.05, 4.69) is 38.5 Å². The fourth-order valence-corrected chi connectivity index (χ4v) is 3.39. The van der Waals surface area contributed by atoms with Gasteiger partial charge in [-0.05, 0) is 95.8 Å². The number of thiocarbonyl (C=S) groups is 1. The van der Waals surface area contributed by atoms with Crippen molar-refractivity contribution in [2.75, 3.05) is 10.6 Å². The zero-order valence-electron chi connectivity index (χ0n) is 15.5. The molecule has 0 aliphatic rings. The van der Waals surface area contributed by atoms with E-state index < -0.39 is 0 Å². The van der Waals surface area contributed by atoms with E-state index in [9.17, 15) is 9.59 Å². The van der Waals surface area contributed by atoms with E-state index in [1.807, 2.05) is 43.3 Å². The third-order valence-electron chi connectivity index (χ3n) is 4.08. The molecule has 0 saturated carbocycles. The number of carbonyl (C=O) groups excluding carboxylic acids is 2. The van der Waals surface area contributed by atoms with E-state index in [1.165, 1.54) is 0 Å². The van der Waals surface area contributed by atoms with Gasteiger partial charge in [0.05, 0.1) is 0 Å². The Bertz CT molecular complexity index is 1070. The molecular weight excluding hydrogens is 497 g/mol. The number of anilines is 2. The summed E-state index contributed by atoms with van der Waals surface area (Å²) in [5, 5.41) is 8.76. The minimum atomic E-state index is -0.274. The molecule has 0 fully saturated rings. The summed E-state index contributed by atoms with van der Waals surface area (Å²) in [4.78, 5) is 24.6. The molecule has 0 heterocycles. The third kappa shape index (κ3) is 5.85. The molecule has 7 heteroatoms. The molecule has 0 unspecified atom stereocenters. The number of rotatable bonds is 4. The van der Waals surface area contributed by atoms with Crippen LogP contribution >= 0.6 is 34.8 Å². The summed E-state index contributed by atoms with van der Waals surface area (Å²) < 4.78 is 0.970. The molecule has 0 radical (unpaired) electrons. The molecule has 3 aromatic rings. The Kier molecular flexibility index (Phi) is 6.95. The highest BCUT2D eigenvalue weighted by Crippen LogP contribution is 2.20. The molecule has 3 rings (SSSR count). The standard InChI is InChI=1S/C22H18IN3O2S/c1-14-12-18(10-11-19(14)25-20(27)15-6-3-2-4-7-15)24-22(29)26-21(28)16-8-5-9-17(23)13-16/h2-13H,1H3,(H,25,27)(H2,24,26,28,29). The average Bonchev–Trinajstić information content (AvgIpc) is 2.70. The molecule has 0 aliphatic heterocycles. The van der Waals surface area contributed by atoms with Crippen molar-refractivity contribution >= 4 is 63.1 Å². The van der Waals surface area contributed by atoms with Crippen LogP contribution in [0.5, 0.6) is 0 Å².